The van der Waals surface area contributed by atoms with Crippen LogP contribution in [0.2, 0.25) is 0 Å². The number of hydrogen-bond donors (Lipinski definition) is 0. The van der Waals surface area contributed by atoms with E-state index in [1.54, 1.807) is 0 Å². The van der Waals surface area contributed by atoms with Gasteiger partial charge in [0.1, 0.15) is 5.69 Å². The maximum absolute atomic E-state index is 3.07. The molecule has 0 atom stereocenters. The van der Waals surface area contributed by atoms with Gasteiger partial charge in [-0.1, -0.05) is 0 Å². The molecule has 0 aliphatic rings. The third-order valence-corrected chi connectivity index (χ3v) is 3.06. The minimum atomic E-state index is 1.08. The van der Waals surface area contributed by atoms with Crippen LogP contribution in [0, 0.1) is 6.07 Å². The van der Waals surface area contributed by atoms with Crippen molar-refractivity contribution in [2.24, 2.45) is 0 Å². The first-order chi connectivity index (χ1) is 6.29. The van der Waals surface area contributed by atoms with Crippen LogP contribution in [0.1, 0.15) is 20.8 Å². The number of quaternary nitrogens is 1. The predicted octanol–water partition coefficient (Wildman–Crippen LogP) is 2.85. The van der Waals surface area contributed by atoms with Crippen LogP contribution < -0.4 is 4.48 Å². The van der Waals surface area contributed by atoms with Crippen LogP contribution >= 0.6 is 0 Å². The molecule has 0 aromatic heterocycles. The van der Waals surface area contributed by atoms with E-state index < -0.39 is 0 Å². The van der Waals surface area contributed by atoms with E-state index in [0.29, 0.717) is 0 Å². The van der Waals surface area contributed by atoms with Gasteiger partial charge in [-0.3, -0.25) is 4.48 Å². The van der Waals surface area contributed by atoms with Crippen LogP contribution in [-0.4, -0.2) is 19.6 Å². The second-order valence-electron chi connectivity index (χ2n) is 3.35. The summed E-state index contributed by atoms with van der Waals surface area (Å²) in [5.74, 6) is 0. The lowest BCUT2D eigenvalue weighted by atomic mass is 10.2. The Labute approximate surface area is 81.6 Å². The third kappa shape index (κ3) is 1.92. The van der Waals surface area contributed by atoms with Crippen LogP contribution in [0.3, 0.4) is 0 Å². The highest BCUT2D eigenvalue weighted by atomic mass is 15.3. The molecule has 0 saturated heterocycles. The molecule has 1 rings (SSSR count). The minimum absolute atomic E-state index is 1.08. The normalized spacial score (nSPS) is 11.6. The zero-order chi connectivity index (χ0) is 9.73. The Kier molecular flexibility index (Phi) is 3.49. The molecule has 0 aliphatic heterocycles. The zero-order valence-corrected chi connectivity index (χ0v) is 8.88. The monoisotopic (exact) mass is 177 g/mol. The molecule has 1 aromatic rings. The van der Waals surface area contributed by atoms with Gasteiger partial charge < -0.3 is 0 Å². The van der Waals surface area contributed by atoms with Gasteiger partial charge in [0.2, 0.25) is 0 Å². The first-order valence-corrected chi connectivity index (χ1v) is 5.11. The third-order valence-electron chi connectivity index (χ3n) is 3.06. The Morgan fingerprint density at radius 2 is 1.46 bits per heavy atom. The van der Waals surface area contributed by atoms with Gasteiger partial charge in [-0.15, -0.1) is 0 Å². The molecule has 0 aliphatic carbocycles. The van der Waals surface area contributed by atoms with Gasteiger partial charge in [0, 0.05) is 0 Å². The van der Waals surface area contributed by atoms with E-state index in [-0.39, 0.29) is 0 Å². The molecule has 1 nitrogen and oxygen atoms in total. The fraction of sp³-hybridized carbons (Fsp3) is 0.500. The van der Waals surface area contributed by atoms with Crippen molar-refractivity contribution in [2.75, 3.05) is 19.6 Å². The summed E-state index contributed by atoms with van der Waals surface area (Å²) in [5.41, 5.74) is 1.41. The average molecular weight is 177 g/mol. The van der Waals surface area contributed by atoms with Gasteiger partial charge in [0.15, 0.2) is 0 Å². The molecule has 1 heteroatoms. The summed E-state index contributed by atoms with van der Waals surface area (Å²) in [6.07, 6.45) is 0. The highest BCUT2D eigenvalue weighted by molar-refractivity contribution is 5.41. The Morgan fingerprint density at radius 3 is 1.85 bits per heavy atom. The van der Waals surface area contributed by atoms with Gasteiger partial charge in [-0.05, 0) is 51.1 Å². The molecule has 0 N–H and O–H groups in total. The van der Waals surface area contributed by atoms with Crippen molar-refractivity contribution in [3.8, 4) is 0 Å². The standard InChI is InChI=1S/C12H19N/c1-4-13(5-2,6-3)12-10-8-7-9-11-12/h8-11H,4-6H2,1-3H3/q+1. The van der Waals surface area contributed by atoms with E-state index in [9.17, 15) is 0 Å². The molecule has 0 heterocycles. The topological polar surface area (TPSA) is 0 Å². The summed E-state index contributed by atoms with van der Waals surface area (Å²) in [6, 6.07) is 11.4. The SMILES string of the molecule is CC[N+](CC)(CC)c1cc[c]cc1. The van der Waals surface area contributed by atoms with Crippen LogP contribution in [-0.2, 0) is 0 Å². The number of nitrogens with zero attached hydrogens (tertiary/aromatic N) is 1. The lowest BCUT2D eigenvalue weighted by Gasteiger charge is -2.35. The molecule has 1 radical (unpaired) electrons. The Balaban J connectivity index is 3.01. The Bertz CT molecular complexity index is 228. The quantitative estimate of drug-likeness (QED) is 0.620. The number of hydrogen-bond acceptors (Lipinski definition) is 0. The van der Waals surface area contributed by atoms with Crippen molar-refractivity contribution in [3.63, 3.8) is 0 Å². The van der Waals surface area contributed by atoms with Gasteiger partial charge in [0.25, 0.3) is 0 Å². The molecular weight excluding hydrogens is 158 g/mol. The minimum Gasteiger partial charge on any atom is -0.292 e. The summed E-state index contributed by atoms with van der Waals surface area (Å²) in [6.45, 7) is 10.3. The van der Waals surface area contributed by atoms with E-state index in [4.69, 9.17) is 0 Å². The summed E-state index contributed by atoms with van der Waals surface area (Å²) in [4.78, 5) is 0. The highest BCUT2D eigenvalue weighted by Gasteiger charge is 2.23. The van der Waals surface area contributed by atoms with Gasteiger partial charge in [-0.2, -0.15) is 0 Å². The van der Waals surface area contributed by atoms with E-state index in [1.165, 1.54) is 5.69 Å². The molecule has 0 amide bonds. The van der Waals surface area contributed by atoms with E-state index >= 15 is 0 Å². The predicted molar refractivity (Wildman–Crippen MR) is 58.7 cm³/mol. The fourth-order valence-corrected chi connectivity index (χ4v) is 1.91. The fourth-order valence-electron chi connectivity index (χ4n) is 1.91. The van der Waals surface area contributed by atoms with E-state index in [1.807, 2.05) is 12.1 Å². The molecule has 1 aromatic carbocycles. The molecule has 71 valence electrons. The highest BCUT2D eigenvalue weighted by Crippen LogP contribution is 2.21. The molecule has 0 unspecified atom stereocenters. The van der Waals surface area contributed by atoms with Crippen LogP contribution in [0.5, 0.6) is 0 Å². The van der Waals surface area contributed by atoms with E-state index in [2.05, 4.69) is 39.0 Å². The largest absolute Gasteiger partial charge is 0.292 e. The molecule has 0 saturated carbocycles. The molecule has 0 bridgehead atoms. The lowest BCUT2D eigenvalue weighted by molar-refractivity contribution is 0.316. The van der Waals surface area contributed by atoms with E-state index in [0.717, 1.165) is 24.1 Å². The molecular formula is C12H19N+. The summed E-state index contributed by atoms with van der Waals surface area (Å²) >= 11 is 0. The summed E-state index contributed by atoms with van der Waals surface area (Å²) in [5, 5.41) is 0. The van der Waals surface area contributed by atoms with Crippen LogP contribution in [0.15, 0.2) is 24.3 Å². The zero-order valence-electron chi connectivity index (χ0n) is 8.88. The van der Waals surface area contributed by atoms with Crippen LogP contribution in [0.4, 0.5) is 5.69 Å². The van der Waals surface area contributed by atoms with Crippen molar-refractivity contribution in [1.29, 1.82) is 0 Å². The van der Waals surface area contributed by atoms with Gasteiger partial charge in [0.05, 0.1) is 19.6 Å². The molecule has 0 spiro atoms. The average Bonchev–Trinajstić information content (AvgIpc) is 2.23. The van der Waals surface area contributed by atoms with Crippen molar-refractivity contribution in [3.05, 3.63) is 30.3 Å². The lowest BCUT2D eigenvalue weighted by Crippen LogP contribution is -2.48. The van der Waals surface area contributed by atoms with Gasteiger partial charge >= 0.3 is 0 Å². The summed E-state index contributed by atoms with van der Waals surface area (Å²) < 4.78 is 1.08. The van der Waals surface area contributed by atoms with Crippen LogP contribution in [0.25, 0.3) is 0 Å². The Morgan fingerprint density at radius 1 is 1.00 bits per heavy atom. The first-order valence-electron chi connectivity index (χ1n) is 5.11. The maximum Gasteiger partial charge on any atom is 0.132 e. The smallest absolute Gasteiger partial charge is 0.132 e. The number of benzene rings is 1. The Hall–Kier alpha value is -0.820. The van der Waals surface area contributed by atoms with Crippen molar-refractivity contribution in [2.45, 2.75) is 20.8 Å². The van der Waals surface area contributed by atoms with Crippen molar-refractivity contribution < 1.29 is 0 Å². The van der Waals surface area contributed by atoms with Gasteiger partial charge in [-0.25, -0.2) is 0 Å². The second kappa shape index (κ2) is 4.43. The first kappa shape index (κ1) is 10.3. The second-order valence-corrected chi connectivity index (χ2v) is 3.35. The summed E-state index contributed by atoms with van der Waals surface area (Å²) in [7, 11) is 0. The molecule has 0 fully saturated rings. The maximum atomic E-state index is 3.07. The van der Waals surface area contributed by atoms with Crippen molar-refractivity contribution >= 4 is 5.69 Å². The van der Waals surface area contributed by atoms with Crippen molar-refractivity contribution in [1.82, 2.24) is 4.48 Å². The number of rotatable bonds is 4. The molecule has 13 heavy (non-hydrogen) atoms.